The van der Waals surface area contributed by atoms with Gasteiger partial charge in [0.25, 0.3) is 0 Å². The van der Waals surface area contributed by atoms with E-state index in [9.17, 15) is 0 Å². The summed E-state index contributed by atoms with van der Waals surface area (Å²) in [5, 5.41) is 3.46. The van der Waals surface area contributed by atoms with E-state index in [0.717, 1.165) is 28.4 Å². The average molecular weight is 278 g/mol. The van der Waals surface area contributed by atoms with Gasteiger partial charge in [0, 0.05) is 18.3 Å². The molecule has 1 aromatic carbocycles. The lowest BCUT2D eigenvalue weighted by molar-refractivity contribution is 0.174. The van der Waals surface area contributed by atoms with Crippen LogP contribution in [0.15, 0.2) is 24.4 Å². The van der Waals surface area contributed by atoms with Crippen molar-refractivity contribution in [1.29, 1.82) is 0 Å². The number of halogens is 1. The predicted octanol–water partition coefficient (Wildman–Crippen LogP) is 2.78. The van der Waals surface area contributed by atoms with Crippen LogP contribution in [0.2, 0.25) is 5.28 Å². The second kappa shape index (κ2) is 4.93. The SMILES string of the molecule is Cc1cnc(Cl)nc1NCc1ccc2c(c1)OCO2. The minimum absolute atomic E-state index is 0.235. The molecule has 0 spiro atoms. The van der Waals surface area contributed by atoms with E-state index in [0.29, 0.717) is 6.54 Å². The fourth-order valence-corrected chi connectivity index (χ4v) is 1.97. The molecular weight excluding hydrogens is 266 g/mol. The van der Waals surface area contributed by atoms with E-state index in [4.69, 9.17) is 21.1 Å². The fourth-order valence-electron chi connectivity index (χ4n) is 1.84. The molecule has 0 amide bonds. The van der Waals surface area contributed by atoms with Crippen molar-refractivity contribution < 1.29 is 9.47 Å². The Morgan fingerprint density at radius 2 is 2.16 bits per heavy atom. The lowest BCUT2D eigenvalue weighted by atomic mass is 10.2. The topological polar surface area (TPSA) is 56.3 Å². The summed E-state index contributed by atoms with van der Waals surface area (Å²) in [4.78, 5) is 8.07. The molecule has 2 heterocycles. The molecule has 3 rings (SSSR count). The third-order valence-corrected chi connectivity index (χ3v) is 3.02. The Morgan fingerprint density at radius 3 is 3.05 bits per heavy atom. The fraction of sp³-hybridized carbons (Fsp3) is 0.231. The Morgan fingerprint density at radius 1 is 1.32 bits per heavy atom. The van der Waals surface area contributed by atoms with E-state index in [-0.39, 0.29) is 12.1 Å². The van der Waals surface area contributed by atoms with Gasteiger partial charge in [-0.2, -0.15) is 0 Å². The smallest absolute Gasteiger partial charge is 0.231 e. The lowest BCUT2D eigenvalue weighted by Crippen LogP contribution is -2.04. The maximum Gasteiger partial charge on any atom is 0.231 e. The highest BCUT2D eigenvalue weighted by Crippen LogP contribution is 2.32. The average Bonchev–Trinajstić information content (AvgIpc) is 2.87. The summed E-state index contributed by atoms with van der Waals surface area (Å²) in [6, 6.07) is 5.84. The van der Waals surface area contributed by atoms with E-state index < -0.39 is 0 Å². The molecule has 0 aliphatic carbocycles. The first-order valence-electron chi connectivity index (χ1n) is 5.84. The van der Waals surface area contributed by atoms with Crippen LogP contribution in [0.1, 0.15) is 11.1 Å². The van der Waals surface area contributed by atoms with Crippen molar-refractivity contribution in [3.8, 4) is 11.5 Å². The van der Waals surface area contributed by atoms with Crippen molar-refractivity contribution >= 4 is 17.4 Å². The van der Waals surface area contributed by atoms with Crippen LogP contribution in [0.3, 0.4) is 0 Å². The van der Waals surface area contributed by atoms with Gasteiger partial charge < -0.3 is 14.8 Å². The van der Waals surface area contributed by atoms with Crippen molar-refractivity contribution in [2.24, 2.45) is 0 Å². The zero-order valence-electron chi connectivity index (χ0n) is 10.3. The van der Waals surface area contributed by atoms with Crippen LogP contribution in [0.4, 0.5) is 5.82 Å². The molecule has 0 saturated carbocycles. The zero-order chi connectivity index (χ0) is 13.2. The Hall–Kier alpha value is -2.01. The van der Waals surface area contributed by atoms with E-state index in [1.807, 2.05) is 25.1 Å². The van der Waals surface area contributed by atoms with Gasteiger partial charge in [0.2, 0.25) is 12.1 Å². The van der Waals surface area contributed by atoms with Crippen LogP contribution in [0.5, 0.6) is 11.5 Å². The van der Waals surface area contributed by atoms with Crippen LogP contribution in [-0.2, 0) is 6.54 Å². The molecule has 19 heavy (non-hydrogen) atoms. The normalized spacial score (nSPS) is 12.5. The first-order chi connectivity index (χ1) is 9.22. The van der Waals surface area contributed by atoms with Gasteiger partial charge in [-0.05, 0) is 36.2 Å². The standard InChI is InChI=1S/C13H12ClN3O2/c1-8-5-16-13(14)17-12(8)15-6-9-2-3-10-11(4-9)19-7-18-10/h2-5H,6-7H2,1H3,(H,15,16,17). The Kier molecular flexibility index (Phi) is 3.13. The first kappa shape index (κ1) is 12.0. The van der Waals surface area contributed by atoms with Gasteiger partial charge in [-0.25, -0.2) is 9.97 Å². The maximum absolute atomic E-state index is 5.78. The summed E-state index contributed by atoms with van der Waals surface area (Å²) in [6.45, 7) is 2.84. The van der Waals surface area contributed by atoms with Gasteiger partial charge in [0.1, 0.15) is 5.82 Å². The maximum atomic E-state index is 5.78. The highest BCUT2D eigenvalue weighted by Gasteiger charge is 2.13. The van der Waals surface area contributed by atoms with Crippen molar-refractivity contribution in [3.63, 3.8) is 0 Å². The second-order valence-corrected chi connectivity index (χ2v) is 4.55. The first-order valence-corrected chi connectivity index (χ1v) is 6.22. The number of ether oxygens (including phenoxy) is 2. The third-order valence-electron chi connectivity index (χ3n) is 2.84. The summed E-state index contributed by atoms with van der Waals surface area (Å²) in [6.07, 6.45) is 1.69. The van der Waals surface area contributed by atoms with Crippen molar-refractivity contribution in [2.75, 3.05) is 12.1 Å². The molecule has 0 radical (unpaired) electrons. The number of aryl methyl sites for hydroxylation is 1. The summed E-state index contributed by atoms with van der Waals surface area (Å²) in [5.41, 5.74) is 2.03. The molecule has 5 nitrogen and oxygen atoms in total. The van der Waals surface area contributed by atoms with Crippen LogP contribution < -0.4 is 14.8 Å². The summed E-state index contributed by atoms with van der Waals surface area (Å²) < 4.78 is 10.6. The van der Waals surface area contributed by atoms with Crippen LogP contribution >= 0.6 is 11.6 Å². The van der Waals surface area contributed by atoms with E-state index in [1.54, 1.807) is 6.20 Å². The molecule has 1 aromatic heterocycles. The number of aromatic nitrogens is 2. The van der Waals surface area contributed by atoms with Crippen molar-refractivity contribution in [2.45, 2.75) is 13.5 Å². The van der Waals surface area contributed by atoms with Gasteiger partial charge >= 0.3 is 0 Å². The molecular formula is C13H12ClN3O2. The van der Waals surface area contributed by atoms with Crippen molar-refractivity contribution in [3.05, 3.63) is 40.8 Å². The minimum Gasteiger partial charge on any atom is -0.454 e. The number of anilines is 1. The molecule has 0 bridgehead atoms. The highest BCUT2D eigenvalue weighted by molar-refractivity contribution is 6.28. The molecule has 0 unspecified atom stereocenters. The lowest BCUT2D eigenvalue weighted by Gasteiger charge is -2.08. The summed E-state index contributed by atoms with van der Waals surface area (Å²) >= 11 is 5.78. The number of hydrogen-bond donors (Lipinski definition) is 1. The van der Waals surface area contributed by atoms with E-state index >= 15 is 0 Å². The van der Waals surface area contributed by atoms with Crippen molar-refractivity contribution in [1.82, 2.24) is 9.97 Å². The Labute approximate surface area is 115 Å². The number of rotatable bonds is 3. The largest absolute Gasteiger partial charge is 0.454 e. The van der Waals surface area contributed by atoms with Crippen LogP contribution in [-0.4, -0.2) is 16.8 Å². The Balaban J connectivity index is 1.74. The summed E-state index contributed by atoms with van der Waals surface area (Å²) in [7, 11) is 0. The molecule has 0 saturated heterocycles. The second-order valence-electron chi connectivity index (χ2n) is 4.21. The highest BCUT2D eigenvalue weighted by atomic mass is 35.5. The molecule has 1 N–H and O–H groups in total. The number of nitrogens with one attached hydrogen (secondary N) is 1. The summed E-state index contributed by atoms with van der Waals surface area (Å²) in [5.74, 6) is 2.29. The molecule has 1 aliphatic rings. The third kappa shape index (κ3) is 2.56. The molecule has 6 heteroatoms. The van der Waals surface area contributed by atoms with Gasteiger partial charge in [0.05, 0.1) is 0 Å². The van der Waals surface area contributed by atoms with Crippen LogP contribution in [0.25, 0.3) is 0 Å². The van der Waals surface area contributed by atoms with E-state index in [1.165, 1.54) is 0 Å². The quantitative estimate of drug-likeness (QED) is 0.874. The molecule has 98 valence electrons. The van der Waals surface area contributed by atoms with Gasteiger partial charge in [0.15, 0.2) is 11.5 Å². The van der Waals surface area contributed by atoms with Gasteiger partial charge in [-0.1, -0.05) is 6.07 Å². The van der Waals surface area contributed by atoms with Gasteiger partial charge in [-0.3, -0.25) is 0 Å². The van der Waals surface area contributed by atoms with Gasteiger partial charge in [-0.15, -0.1) is 0 Å². The minimum atomic E-state index is 0.235. The predicted molar refractivity (Wildman–Crippen MR) is 71.7 cm³/mol. The zero-order valence-corrected chi connectivity index (χ0v) is 11.1. The molecule has 1 aliphatic heterocycles. The molecule has 0 atom stereocenters. The number of benzene rings is 1. The van der Waals surface area contributed by atoms with Crippen LogP contribution in [0, 0.1) is 6.92 Å². The number of nitrogens with zero attached hydrogens (tertiary/aromatic N) is 2. The van der Waals surface area contributed by atoms with E-state index in [2.05, 4.69) is 15.3 Å². The molecule has 2 aromatic rings. The monoisotopic (exact) mass is 277 g/mol. The Bertz CT molecular complexity index is 619. The number of hydrogen-bond acceptors (Lipinski definition) is 5. The molecule has 0 fully saturated rings. The number of fused-ring (bicyclic) bond motifs is 1.